The van der Waals surface area contributed by atoms with Crippen molar-refractivity contribution in [1.29, 1.82) is 0 Å². The first-order valence-corrected chi connectivity index (χ1v) is 9.07. The van der Waals surface area contributed by atoms with E-state index in [1.807, 2.05) is 48.5 Å². The fourth-order valence-corrected chi connectivity index (χ4v) is 3.39. The Balaban J connectivity index is 0.00000243. The topological polar surface area (TPSA) is 59.6 Å². The van der Waals surface area contributed by atoms with E-state index in [-0.39, 0.29) is 24.4 Å². The fourth-order valence-electron chi connectivity index (χ4n) is 2.57. The number of carbonyl (C=O) groups excluding carboxylic acids is 1. The number of carbonyl (C=O) groups is 1. The molecule has 0 aromatic heterocycles. The van der Waals surface area contributed by atoms with E-state index in [2.05, 4.69) is 10.6 Å². The molecule has 1 aliphatic heterocycles. The third kappa shape index (κ3) is 6.21. The summed E-state index contributed by atoms with van der Waals surface area (Å²) in [6.07, 6.45) is 0.419. The van der Waals surface area contributed by atoms with Crippen molar-refractivity contribution >= 4 is 35.8 Å². The van der Waals surface area contributed by atoms with Gasteiger partial charge in [0, 0.05) is 34.5 Å². The number of hydrogen-bond donors (Lipinski definition) is 2. The van der Waals surface area contributed by atoms with Crippen molar-refractivity contribution in [2.45, 2.75) is 22.3 Å². The number of ether oxygens (including phenoxy) is 2. The van der Waals surface area contributed by atoms with Crippen LogP contribution in [0.5, 0.6) is 5.75 Å². The lowest BCUT2D eigenvalue weighted by Gasteiger charge is -2.23. The molecule has 0 saturated carbocycles. The summed E-state index contributed by atoms with van der Waals surface area (Å²) < 4.78 is 10.5. The maximum absolute atomic E-state index is 12.1. The minimum Gasteiger partial charge on any atom is -0.497 e. The summed E-state index contributed by atoms with van der Waals surface area (Å²) in [4.78, 5) is 14.3. The van der Waals surface area contributed by atoms with E-state index in [4.69, 9.17) is 9.47 Å². The van der Waals surface area contributed by atoms with Gasteiger partial charge in [-0.15, -0.1) is 12.4 Å². The Labute approximate surface area is 164 Å². The zero-order chi connectivity index (χ0) is 17.5. The van der Waals surface area contributed by atoms with Crippen molar-refractivity contribution in [3.8, 4) is 5.75 Å². The zero-order valence-corrected chi connectivity index (χ0v) is 16.2. The number of amides is 1. The molecule has 2 aromatic carbocycles. The highest BCUT2D eigenvalue weighted by molar-refractivity contribution is 7.99. The van der Waals surface area contributed by atoms with Crippen LogP contribution in [0.2, 0.25) is 0 Å². The number of benzene rings is 2. The molecular formula is C19H23ClN2O3S. The Hall–Kier alpha value is -1.73. The second kappa shape index (κ2) is 10.4. The maximum atomic E-state index is 12.1. The zero-order valence-electron chi connectivity index (χ0n) is 14.6. The van der Waals surface area contributed by atoms with E-state index in [0.29, 0.717) is 19.6 Å². The molecule has 3 rings (SSSR count). The van der Waals surface area contributed by atoms with Crippen molar-refractivity contribution < 1.29 is 14.3 Å². The van der Waals surface area contributed by atoms with Crippen molar-refractivity contribution in [3.05, 3.63) is 48.5 Å². The number of anilines is 1. The second-order valence-corrected chi connectivity index (χ2v) is 6.93. The largest absolute Gasteiger partial charge is 0.497 e. The van der Waals surface area contributed by atoms with Gasteiger partial charge in [0.2, 0.25) is 5.91 Å². The summed E-state index contributed by atoms with van der Waals surface area (Å²) in [7, 11) is 1.66. The van der Waals surface area contributed by atoms with Gasteiger partial charge in [0.15, 0.2) is 0 Å². The van der Waals surface area contributed by atoms with Crippen molar-refractivity contribution in [2.24, 2.45) is 0 Å². The van der Waals surface area contributed by atoms with Gasteiger partial charge in [-0.3, -0.25) is 4.79 Å². The Morgan fingerprint density at radius 2 is 1.85 bits per heavy atom. The molecular weight excluding hydrogens is 372 g/mol. The highest BCUT2D eigenvalue weighted by atomic mass is 35.5. The van der Waals surface area contributed by atoms with Crippen LogP contribution in [-0.2, 0) is 9.53 Å². The standard InChI is InChI=1S/C19H22N2O3S.ClH/c1-23-16-4-8-18(9-5-16)25-17-6-2-14(3-7-17)21-19(22)12-15-13-24-11-10-20-15;/h2-9,15,20H,10-13H2,1H3,(H,21,22);1H. The van der Waals surface area contributed by atoms with Gasteiger partial charge in [-0.2, -0.15) is 0 Å². The molecule has 26 heavy (non-hydrogen) atoms. The monoisotopic (exact) mass is 394 g/mol. The van der Waals surface area contributed by atoms with E-state index < -0.39 is 0 Å². The summed E-state index contributed by atoms with van der Waals surface area (Å²) >= 11 is 1.67. The van der Waals surface area contributed by atoms with E-state index in [1.165, 1.54) is 0 Å². The van der Waals surface area contributed by atoms with Crippen molar-refractivity contribution in [1.82, 2.24) is 5.32 Å². The van der Waals surface area contributed by atoms with Gasteiger partial charge in [0.25, 0.3) is 0 Å². The van der Waals surface area contributed by atoms with Crippen LogP contribution in [0.15, 0.2) is 58.3 Å². The van der Waals surface area contributed by atoms with Gasteiger partial charge in [-0.25, -0.2) is 0 Å². The van der Waals surface area contributed by atoms with Crippen LogP contribution >= 0.6 is 24.2 Å². The lowest BCUT2D eigenvalue weighted by atomic mass is 10.2. The van der Waals surface area contributed by atoms with Gasteiger partial charge in [-0.05, 0) is 48.5 Å². The Kier molecular flexibility index (Phi) is 8.25. The fraction of sp³-hybridized carbons (Fsp3) is 0.316. The SMILES string of the molecule is COc1ccc(Sc2ccc(NC(=O)CC3COCCN3)cc2)cc1.Cl. The third-order valence-electron chi connectivity index (χ3n) is 3.86. The average Bonchev–Trinajstić information content (AvgIpc) is 2.65. The van der Waals surface area contributed by atoms with Crippen LogP contribution in [0.25, 0.3) is 0 Å². The molecule has 0 spiro atoms. The van der Waals surface area contributed by atoms with E-state index >= 15 is 0 Å². The molecule has 1 saturated heterocycles. The number of halogens is 1. The summed E-state index contributed by atoms with van der Waals surface area (Å²) in [5.41, 5.74) is 0.806. The molecule has 1 aliphatic rings. The molecule has 140 valence electrons. The second-order valence-electron chi connectivity index (χ2n) is 5.78. The number of nitrogens with one attached hydrogen (secondary N) is 2. The van der Waals surface area contributed by atoms with Crippen LogP contribution in [0.3, 0.4) is 0 Å². The quantitative estimate of drug-likeness (QED) is 0.784. The van der Waals surface area contributed by atoms with Crippen LogP contribution in [-0.4, -0.2) is 38.8 Å². The minimum atomic E-state index is -0.00134. The molecule has 0 bridgehead atoms. The Morgan fingerprint density at radius 1 is 1.19 bits per heavy atom. The van der Waals surface area contributed by atoms with E-state index in [0.717, 1.165) is 27.8 Å². The number of rotatable bonds is 6. The summed E-state index contributed by atoms with van der Waals surface area (Å²) in [6, 6.07) is 15.9. The molecule has 2 aromatic rings. The first kappa shape index (κ1) is 20.6. The van der Waals surface area contributed by atoms with Crippen LogP contribution in [0.4, 0.5) is 5.69 Å². The maximum Gasteiger partial charge on any atom is 0.226 e. The third-order valence-corrected chi connectivity index (χ3v) is 4.88. The van der Waals surface area contributed by atoms with Crippen molar-refractivity contribution in [2.75, 3.05) is 32.2 Å². The normalized spacial score (nSPS) is 16.4. The lowest BCUT2D eigenvalue weighted by molar-refractivity contribution is -0.117. The predicted molar refractivity (Wildman–Crippen MR) is 107 cm³/mol. The Morgan fingerprint density at radius 3 is 2.42 bits per heavy atom. The van der Waals surface area contributed by atoms with E-state index in [1.54, 1.807) is 18.9 Å². The average molecular weight is 395 g/mol. The minimum absolute atomic E-state index is 0. The molecule has 7 heteroatoms. The molecule has 1 amide bonds. The van der Waals surface area contributed by atoms with E-state index in [9.17, 15) is 4.79 Å². The highest BCUT2D eigenvalue weighted by Gasteiger charge is 2.16. The van der Waals surface area contributed by atoms with Gasteiger partial charge >= 0.3 is 0 Å². The van der Waals surface area contributed by atoms with Gasteiger partial charge in [0.1, 0.15) is 5.75 Å². The molecule has 1 heterocycles. The summed E-state index contributed by atoms with van der Waals surface area (Å²) in [6.45, 7) is 2.10. The number of morpholine rings is 1. The molecule has 1 fully saturated rings. The molecule has 1 unspecified atom stereocenters. The molecule has 0 aliphatic carbocycles. The smallest absolute Gasteiger partial charge is 0.226 e. The Bertz CT molecular complexity index is 689. The van der Waals surface area contributed by atoms with Crippen LogP contribution < -0.4 is 15.4 Å². The number of hydrogen-bond acceptors (Lipinski definition) is 5. The number of methoxy groups -OCH3 is 1. The van der Waals surface area contributed by atoms with Gasteiger partial charge in [-0.1, -0.05) is 11.8 Å². The van der Waals surface area contributed by atoms with Crippen molar-refractivity contribution in [3.63, 3.8) is 0 Å². The predicted octanol–water partition coefficient (Wildman–Crippen LogP) is 3.59. The first-order valence-electron chi connectivity index (χ1n) is 8.26. The lowest BCUT2D eigenvalue weighted by Crippen LogP contribution is -2.43. The van der Waals surface area contributed by atoms with Crippen LogP contribution in [0.1, 0.15) is 6.42 Å². The van der Waals surface area contributed by atoms with Crippen LogP contribution in [0, 0.1) is 0 Å². The highest BCUT2D eigenvalue weighted by Crippen LogP contribution is 2.29. The molecule has 1 atom stereocenters. The molecule has 0 radical (unpaired) electrons. The first-order chi connectivity index (χ1) is 12.2. The van der Waals surface area contributed by atoms with Gasteiger partial charge in [0.05, 0.1) is 20.3 Å². The molecule has 2 N–H and O–H groups in total. The molecule has 5 nitrogen and oxygen atoms in total. The summed E-state index contributed by atoms with van der Waals surface area (Å²) in [5.74, 6) is 0.846. The summed E-state index contributed by atoms with van der Waals surface area (Å²) in [5, 5.41) is 6.22. The van der Waals surface area contributed by atoms with Gasteiger partial charge < -0.3 is 20.1 Å².